The molecule has 2 fully saturated rings. The molecule has 4 nitrogen and oxygen atoms in total. The Morgan fingerprint density at radius 3 is 2.65 bits per heavy atom. The van der Waals surface area contributed by atoms with Gasteiger partial charge in [0.2, 0.25) is 5.91 Å². The molecule has 2 aliphatic heterocycles. The van der Waals surface area contributed by atoms with Gasteiger partial charge in [-0.2, -0.15) is 0 Å². The molecule has 0 aliphatic carbocycles. The Morgan fingerprint density at radius 1 is 1.19 bits per heavy atom. The van der Waals surface area contributed by atoms with Crippen molar-refractivity contribution in [2.75, 3.05) is 18.8 Å². The van der Waals surface area contributed by atoms with Crippen LogP contribution in [0, 0.1) is 5.82 Å². The van der Waals surface area contributed by atoms with Gasteiger partial charge >= 0.3 is 0 Å². The molecule has 1 aromatic heterocycles. The van der Waals surface area contributed by atoms with Crippen LogP contribution in [0.1, 0.15) is 17.5 Å². The molecule has 1 amide bonds. The second kappa shape index (κ2) is 7.37. The van der Waals surface area contributed by atoms with Crippen LogP contribution in [-0.2, 0) is 22.6 Å². The third-order valence-electron chi connectivity index (χ3n) is 4.99. The van der Waals surface area contributed by atoms with Crippen molar-refractivity contribution in [2.24, 2.45) is 0 Å². The van der Waals surface area contributed by atoms with Gasteiger partial charge in [-0.15, -0.1) is 11.8 Å². The Kier molecular flexibility index (Phi) is 4.96. The number of aromatic nitrogens is 1. The number of benzene rings is 1. The largest absolute Gasteiger partial charge is 0.373 e. The van der Waals surface area contributed by atoms with Gasteiger partial charge in [0, 0.05) is 31.2 Å². The molecule has 26 heavy (non-hydrogen) atoms. The van der Waals surface area contributed by atoms with Gasteiger partial charge in [0.1, 0.15) is 5.82 Å². The van der Waals surface area contributed by atoms with E-state index in [0.717, 1.165) is 36.4 Å². The molecule has 2 aliphatic rings. The minimum absolute atomic E-state index is 0.115. The number of nitrogens with zero attached hydrogens (tertiary/aromatic N) is 2. The van der Waals surface area contributed by atoms with E-state index < -0.39 is 0 Å². The van der Waals surface area contributed by atoms with Crippen LogP contribution in [0.25, 0.3) is 0 Å². The van der Waals surface area contributed by atoms with Crippen LogP contribution >= 0.6 is 11.8 Å². The number of hydrogen-bond donors (Lipinski definition) is 0. The quantitative estimate of drug-likeness (QED) is 0.809. The summed E-state index contributed by atoms with van der Waals surface area (Å²) in [6.07, 6.45) is 5.12. The molecule has 4 rings (SSSR count). The van der Waals surface area contributed by atoms with Gasteiger partial charge in [0.05, 0.1) is 23.9 Å². The van der Waals surface area contributed by atoms with E-state index in [9.17, 15) is 9.18 Å². The maximum absolute atomic E-state index is 13.0. The van der Waals surface area contributed by atoms with E-state index in [0.29, 0.717) is 13.0 Å². The summed E-state index contributed by atoms with van der Waals surface area (Å²) in [5.41, 5.74) is 1.99. The van der Waals surface area contributed by atoms with Crippen LogP contribution < -0.4 is 0 Å². The zero-order chi connectivity index (χ0) is 18.0. The Labute approximate surface area is 156 Å². The van der Waals surface area contributed by atoms with Crippen molar-refractivity contribution in [3.05, 3.63) is 65.7 Å². The summed E-state index contributed by atoms with van der Waals surface area (Å²) in [6.45, 7) is 2.18. The number of amides is 1. The van der Waals surface area contributed by atoms with Crippen molar-refractivity contribution in [1.82, 2.24) is 9.88 Å². The molecule has 136 valence electrons. The number of rotatable bonds is 5. The van der Waals surface area contributed by atoms with Gasteiger partial charge in [-0.25, -0.2) is 4.39 Å². The first-order chi connectivity index (χ1) is 12.6. The number of ether oxygens (including phenoxy) is 1. The van der Waals surface area contributed by atoms with Crippen LogP contribution in [0.15, 0.2) is 48.8 Å². The van der Waals surface area contributed by atoms with E-state index in [-0.39, 0.29) is 22.6 Å². The maximum Gasteiger partial charge on any atom is 0.227 e. The fraction of sp³-hybridized carbons (Fsp3) is 0.400. The number of carbonyl (C=O) groups is 1. The molecule has 0 saturated carbocycles. The highest BCUT2D eigenvalue weighted by Crippen LogP contribution is 2.46. The van der Waals surface area contributed by atoms with E-state index in [1.807, 2.05) is 28.8 Å². The maximum atomic E-state index is 13.0. The molecule has 0 radical (unpaired) electrons. The number of likely N-dealkylation sites (tertiary alicyclic amines) is 1. The smallest absolute Gasteiger partial charge is 0.227 e. The number of hydrogen-bond acceptors (Lipinski definition) is 4. The minimum Gasteiger partial charge on any atom is -0.373 e. The monoisotopic (exact) mass is 372 g/mol. The third kappa shape index (κ3) is 3.91. The van der Waals surface area contributed by atoms with Crippen LogP contribution in [0.5, 0.6) is 0 Å². The lowest BCUT2D eigenvalue weighted by Crippen LogP contribution is -2.61. The van der Waals surface area contributed by atoms with Crippen molar-refractivity contribution in [3.63, 3.8) is 0 Å². The molecular weight excluding hydrogens is 351 g/mol. The Bertz CT molecular complexity index is 763. The molecule has 0 unspecified atom stereocenters. The summed E-state index contributed by atoms with van der Waals surface area (Å²) in [6, 6.07) is 10.1. The first-order valence-electron chi connectivity index (χ1n) is 8.79. The Balaban J connectivity index is 1.23. The van der Waals surface area contributed by atoms with Crippen molar-refractivity contribution in [3.8, 4) is 0 Å². The average Bonchev–Trinajstić information content (AvgIpc) is 3.06. The average molecular weight is 372 g/mol. The first kappa shape index (κ1) is 17.5. The topological polar surface area (TPSA) is 42.4 Å². The number of thioether (sulfide) groups is 1. The van der Waals surface area contributed by atoms with Crippen molar-refractivity contribution in [2.45, 2.75) is 30.3 Å². The van der Waals surface area contributed by atoms with E-state index in [4.69, 9.17) is 4.74 Å². The highest BCUT2D eigenvalue weighted by atomic mass is 32.2. The standard InChI is InChI=1S/C20H21FN2O2S/c21-17-3-1-15(2-4-17)9-19(24)23-13-20(14-23)10-18(12-26-20)25-11-16-5-7-22-8-6-16/h1-8,18H,9-14H2/t18-/m0/s1. The minimum atomic E-state index is -0.274. The molecule has 1 spiro atoms. The number of halogens is 1. The van der Waals surface area contributed by atoms with Crippen LogP contribution in [0.2, 0.25) is 0 Å². The first-order valence-corrected chi connectivity index (χ1v) is 9.77. The Morgan fingerprint density at radius 2 is 1.92 bits per heavy atom. The summed E-state index contributed by atoms with van der Waals surface area (Å²) < 4.78 is 19.1. The molecule has 1 atom stereocenters. The molecule has 0 N–H and O–H groups in total. The fourth-order valence-corrected chi connectivity index (χ4v) is 5.09. The molecule has 2 aromatic rings. The van der Waals surface area contributed by atoms with Crippen molar-refractivity contribution >= 4 is 17.7 Å². The van der Waals surface area contributed by atoms with Crippen LogP contribution in [0.4, 0.5) is 4.39 Å². The lowest BCUT2D eigenvalue weighted by molar-refractivity contribution is -0.136. The SMILES string of the molecule is O=C(Cc1ccc(F)cc1)N1CC2(C[C@H](OCc3ccncc3)CS2)C1. The van der Waals surface area contributed by atoms with Gasteiger partial charge in [0.25, 0.3) is 0 Å². The summed E-state index contributed by atoms with van der Waals surface area (Å²) >= 11 is 1.92. The highest BCUT2D eigenvalue weighted by Gasteiger charge is 2.50. The molecule has 1 aromatic carbocycles. The summed E-state index contributed by atoms with van der Waals surface area (Å²) in [7, 11) is 0. The second-order valence-corrected chi connectivity index (χ2v) is 8.53. The molecule has 3 heterocycles. The third-order valence-corrected chi connectivity index (χ3v) is 6.57. The van der Waals surface area contributed by atoms with E-state index in [2.05, 4.69) is 4.98 Å². The molecule has 0 bridgehead atoms. The van der Waals surface area contributed by atoms with E-state index in [1.165, 1.54) is 12.1 Å². The summed E-state index contributed by atoms with van der Waals surface area (Å²) in [5, 5.41) is 0. The van der Waals surface area contributed by atoms with Gasteiger partial charge in [-0.1, -0.05) is 12.1 Å². The fourth-order valence-electron chi connectivity index (χ4n) is 3.54. The van der Waals surface area contributed by atoms with Gasteiger partial charge in [0.15, 0.2) is 0 Å². The van der Waals surface area contributed by atoms with E-state index >= 15 is 0 Å². The number of carbonyl (C=O) groups excluding carboxylic acids is 1. The molecular formula is C20H21FN2O2S. The van der Waals surface area contributed by atoms with Crippen molar-refractivity contribution < 1.29 is 13.9 Å². The van der Waals surface area contributed by atoms with Crippen molar-refractivity contribution in [1.29, 1.82) is 0 Å². The lowest BCUT2D eigenvalue weighted by atomic mass is 9.92. The summed E-state index contributed by atoms with van der Waals surface area (Å²) in [5.74, 6) is 0.818. The van der Waals surface area contributed by atoms with E-state index in [1.54, 1.807) is 24.5 Å². The van der Waals surface area contributed by atoms with Crippen LogP contribution in [-0.4, -0.2) is 45.5 Å². The molecule has 6 heteroatoms. The number of pyridine rings is 1. The Hall–Kier alpha value is -1.92. The zero-order valence-corrected chi connectivity index (χ0v) is 15.3. The summed E-state index contributed by atoms with van der Waals surface area (Å²) in [4.78, 5) is 18.3. The second-order valence-electron chi connectivity index (χ2n) is 7.04. The van der Waals surface area contributed by atoms with Gasteiger partial charge < -0.3 is 9.64 Å². The zero-order valence-electron chi connectivity index (χ0n) is 14.4. The van der Waals surface area contributed by atoms with Gasteiger partial charge in [-0.05, 0) is 41.8 Å². The normalized spacial score (nSPS) is 21.0. The highest BCUT2D eigenvalue weighted by molar-refractivity contribution is 8.01. The van der Waals surface area contributed by atoms with Gasteiger partial charge in [-0.3, -0.25) is 9.78 Å². The van der Waals surface area contributed by atoms with Crippen LogP contribution in [0.3, 0.4) is 0 Å². The molecule has 2 saturated heterocycles. The predicted octanol–water partition coefficient (Wildman–Crippen LogP) is 3.07. The lowest BCUT2D eigenvalue weighted by Gasteiger charge is -2.47. The predicted molar refractivity (Wildman–Crippen MR) is 99.3 cm³/mol.